The number of fused-ring (bicyclic) bond motifs is 1. The highest BCUT2D eigenvalue weighted by Gasteiger charge is 2.17. The van der Waals surface area contributed by atoms with Gasteiger partial charge < -0.3 is 4.74 Å². The van der Waals surface area contributed by atoms with Gasteiger partial charge in [-0.15, -0.1) is 0 Å². The van der Waals surface area contributed by atoms with Gasteiger partial charge in [0.25, 0.3) is 0 Å². The lowest BCUT2D eigenvalue weighted by Gasteiger charge is -2.07. The normalized spacial score (nSPS) is 10.8. The summed E-state index contributed by atoms with van der Waals surface area (Å²) in [6.45, 7) is 2.09. The molecule has 26 heavy (non-hydrogen) atoms. The van der Waals surface area contributed by atoms with Crippen LogP contribution in [0.25, 0.3) is 28.2 Å². The van der Waals surface area contributed by atoms with Crippen LogP contribution >= 0.6 is 0 Å². The number of esters is 1. The molecule has 0 radical (unpaired) electrons. The predicted molar refractivity (Wildman–Crippen MR) is 99.8 cm³/mol. The largest absolute Gasteiger partial charge is 0.461 e. The van der Waals surface area contributed by atoms with Crippen molar-refractivity contribution in [1.29, 1.82) is 0 Å². The van der Waals surface area contributed by atoms with E-state index in [1.165, 1.54) is 0 Å². The zero-order valence-corrected chi connectivity index (χ0v) is 14.3. The third kappa shape index (κ3) is 2.95. The van der Waals surface area contributed by atoms with Crippen LogP contribution in [0.5, 0.6) is 0 Å². The summed E-state index contributed by atoms with van der Waals surface area (Å²) in [5, 5.41) is 4.57. The van der Waals surface area contributed by atoms with Gasteiger partial charge in [-0.05, 0) is 13.0 Å². The van der Waals surface area contributed by atoms with E-state index in [0.717, 1.165) is 16.8 Å². The van der Waals surface area contributed by atoms with Crippen LogP contribution in [0.1, 0.15) is 17.4 Å². The fourth-order valence-electron chi connectivity index (χ4n) is 2.83. The quantitative estimate of drug-likeness (QED) is 0.520. The van der Waals surface area contributed by atoms with E-state index in [2.05, 4.69) is 10.1 Å². The molecule has 2 heterocycles. The summed E-state index contributed by atoms with van der Waals surface area (Å²) in [6.07, 6.45) is 0. The Labute approximate surface area is 150 Å². The first-order valence-corrected chi connectivity index (χ1v) is 8.45. The molecule has 0 amide bonds. The smallest absolute Gasteiger partial charge is 0.357 e. The summed E-state index contributed by atoms with van der Waals surface area (Å²) in [7, 11) is 0. The molecule has 5 heteroatoms. The van der Waals surface area contributed by atoms with Crippen LogP contribution in [-0.2, 0) is 4.74 Å². The molecule has 2 aromatic carbocycles. The van der Waals surface area contributed by atoms with Crippen LogP contribution in [0.2, 0.25) is 0 Å². The number of nitrogens with zero attached hydrogens (tertiary/aromatic N) is 3. The van der Waals surface area contributed by atoms with E-state index >= 15 is 0 Å². The fraction of sp³-hybridized carbons (Fsp3) is 0.0952. The Hall–Kier alpha value is -3.47. The first-order chi connectivity index (χ1) is 12.8. The maximum Gasteiger partial charge on any atom is 0.357 e. The summed E-state index contributed by atoms with van der Waals surface area (Å²) >= 11 is 0. The highest BCUT2D eigenvalue weighted by atomic mass is 16.5. The van der Waals surface area contributed by atoms with Crippen molar-refractivity contribution in [3.05, 3.63) is 78.5 Å². The van der Waals surface area contributed by atoms with E-state index in [-0.39, 0.29) is 0 Å². The molecule has 0 aliphatic carbocycles. The molecule has 0 saturated heterocycles. The predicted octanol–water partition coefficient (Wildman–Crippen LogP) is 4.24. The number of hydrogen-bond donors (Lipinski definition) is 0. The van der Waals surface area contributed by atoms with E-state index < -0.39 is 5.97 Å². The summed E-state index contributed by atoms with van der Waals surface area (Å²) in [5.41, 5.74) is 4.33. The van der Waals surface area contributed by atoms with Gasteiger partial charge in [-0.3, -0.25) is 0 Å². The van der Waals surface area contributed by atoms with Gasteiger partial charge in [-0.2, -0.15) is 5.10 Å². The highest BCUT2D eigenvalue weighted by molar-refractivity contribution is 5.90. The van der Waals surface area contributed by atoms with Gasteiger partial charge >= 0.3 is 5.97 Å². The van der Waals surface area contributed by atoms with Crippen molar-refractivity contribution in [3.63, 3.8) is 0 Å². The van der Waals surface area contributed by atoms with Gasteiger partial charge in [0.05, 0.1) is 18.0 Å². The topological polar surface area (TPSA) is 56.5 Å². The lowest BCUT2D eigenvalue weighted by molar-refractivity contribution is 0.0516. The van der Waals surface area contributed by atoms with Gasteiger partial charge in [0.2, 0.25) is 0 Å². The van der Waals surface area contributed by atoms with Gasteiger partial charge in [-0.1, -0.05) is 60.7 Å². The van der Waals surface area contributed by atoms with Crippen molar-refractivity contribution in [3.8, 4) is 22.5 Å². The molecule has 0 atom stereocenters. The van der Waals surface area contributed by atoms with E-state index in [1.54, 1.807) is 17.5 Å². The van der Waals surface area contributed by atoms with Crippen molar-refractivity contribution >= 4 is 11.6 Å². The molecule has 5 nitrogen and oxygen atoms in total. The lowest BCUT2D eigenvalue weighted by atomic mass is 10.1. The molecule has 0 fully saturated rings. The average Bonchev–Trinajstić information content (AvgIpc) is 3.13. The lowest BCUT2D eigenvalue weighted by Crippen LogP contribution is -2.12. The van der Waals surface area contributed by atoms with Crippen LogP contribution in [0.3, 0.4) is 0 Å². The van der Waals surface area contributed by atoms with Gasteiger partial charge in [0.1, 0.15) is 0 Å². The molecular weight excluding hydrogens is 326 g/mol. The van der Waals surface area contributed by atoms with Gasteiger partial charge in [0, 0.05) is 17.2 Å². The Morgan fingerprint density at radius 2 is 1.54 bits per heavy atom. The second-order valence-electron chi connectivity index (χ2n) is 5.78. The standard InChI is InChI=1S/C21H17N3O2/c1-2-26-21(25)19-13-17(15-9-5-3-6-10-15)22-20-14-18(23-24(19)20)16-11-7-4-8-12-16/h3-14H,2H2,1H3. The number of carbonyl (C=O) groups is 1. The number of ether oxygens (including phenoxy) is 1. The number of hydrogen-bond acceptors (Lipinski definition) is 4. The minimum absolute atomic E-state index is 0.302. The first kappa shape index (κ1) is 16.0. The van der Waals surface area contributed by atoms with E-state index in [4.69, 9.17) is 4.74 Å². The zero-order chi connectivity index (χ0) is 17.9. The van der Waals surface area contributed by atoms with Crippen molar-refractivity contribution in [2.45, 2.75) is 6.92 Å². The molecule has 0 N–H and O–H groups in total. The monoisotopic (exact) mass is 343 g/mol. The van der Waals surface area contributed by atoms with Crippen LogP contribution in [0.15, 0.2) is 72.8 Å². The molecular formula is C21H17N3O2. The Morgan fingerprint density at radius 3 is 2.15 bits per heavy atom. The van der Waals surface area contributed by atoms with Crippen molar-refractivity contribution in [2.24, 2.45) is 0 Å². The number of rotatable bonds is 4. The van der Waals surface area contributed by atoms with E-state index in [1.807, 2.05) is 66.7 Å². The minimum atomic E-state index is -0.417. The zero-order valence-electron chi connectivity index (χ0n) is 14.3. The summed E-state index contributed by atoms with van der Waals surface area (Å²) < 4.78 is 6.76. The third-order valence-electron chi connectivity index (χ3n) is 4.05. The van der Waals surface area contributed by atoms with Crippen LogP contribution < -0.4 is 0 Å². The van der Waals surface area contributed by atoms with Gasteiger partial charge in [0.15, 0.2) is 11.3 Å². The number of benzene rings is 2. The Morgan fingerprint density at radius 1 is 0.923 bits per heavy atom. The molecule has 0 aliphatic rings. The summed E-state index contributed by atoms with van der Waals surface area (Å²) in [4.78, 5) is 17.2. The molecule has 0 unspecified atom stereocenters. The highest BCUT2D eigenvalue weighted by Crippen LogP contribution is 2.24. The van der Waals surface area contributed by atoms with E-state index in [9.17, 15) is 4.79 Å². The molecule has 0 aliphatic heterocycles. The summed E-state index contributed by atoms with van der Waals surface area (Å²) in [5.74, 6) is -0.417. The van der Waals surface area contributed by atoms with Crippen molar-refractivity contribution in [2.75, 3.05) is 6.61 Å². The van der Waals surface area contributed by atoms with Crippen LogP contribution in [0, 0.1) is 0 Å². The summed E-state index contributed by atoms with van der Waals surface area (Å²) in [6, 6.07) is 23.2. The average molecular weight is 343 g/mol. The minimum Gasteiger partial charge on any atom is -0.461 e. The fourth-order valence-corrected chi connectivity index (χ4v) is 2.83. The molecule has 2 aromatic heterocycles. The van der Waals surface area contributed by atoms with Crippen LogP contribution in [0.4, 0.5) is 0 Å². The Kier molecular flexibility index (Phi) is 4.19. The van der Waals surface area contributed by atoms with Crippen LogP contribution in [-0.4, -0.2) is 27.2 Å². The van der Waals surface area contributed by atoms with Crippen molar-refractivity contribution in [1.82, 2.24) is 14.6 Å². The third-order valence-corrected chi connectivity index (χ3v) is 4.05. The molecule has 0 bridgehead atoms. The first-order valence-electron chi connectivity index (χ1n) is 8.45. The second kappa shape index (κ2) is 6.80. The molecule has 4 aromatic rings. The van der Waals surface area contributed by atoms with Crippen molar-refractivity contribution < 1.29 is 9.53 Å². The Bertz CT molecular complexity index is 1060. The number of aromatic nitrogens is 3. The molecule has 4 rings (SSSR count). The van der Waals surface area contributed by atoms with Gasteiger partial charge in [-0.25, -0.2) is 14.3 Å². The molecule has 0 saturated carbocycles. The SMILES string of the molecule is CCOC(=O)c1cc(-c2ccccc2)nc2cc(-c3ccccc3)nn12. The molecule has 0 spiro atoms. The van der Waals surface area contributed by atoms with E-state index in [0.29, 0.717) is 23.6 Å². The maximum absolute atomic E-state index is 12.5. The second-order valence-corrected chi connectivity index (χ2v) is 5.78. The Balaban J connectivity index is 1.92. The maximum atomic E-state index is 12.5. The molecule has 128 valence electrons. The number of carbonyl (C=O) groups excluding carboxylic acids is 1.